The molecule has 2 aromatic rings. The number of anilines is 1. The zero-order chi connectivity index (χ0) is 18.7. The molecule has 1 unspecified atom stereocenters. The maximum atomic E-state index is 14.2. The second-order valence-corrected chi connectivity index (χ2v) is 7.92. The molecule has 3 nitrogen and oxygen atoms in total. The van der Waals surface area contributed by atoms with Gasteiger partial charge in [0.2, 0.25) is 5.91 Å². The minimum absolute atomic E-state index is 0.0476. The zero-order valence-electron chi connectivity index (χ0n) is 14.9. The van der Waals surface area contributed by atoms with E-state index in [4.69, 9.17) is 11.6 Å². The Labute approximate surface area is 157 Å². The number of nitrogens with one attached hydrogen (secondary N) is 1. The number of hydrogen-bond acceptors (Lipinski definition) is 2. The van der Waals surface area contributed by atoms with Crippen molar-refractivity contribution in [3.8, 4) is 0 Å². The summed E-state index contributed by atoms with van der Waals surface area (Å²) >= 11 is 6.17. The highest BCUT2D eigenvalue weighted by molar-refractivity contribution is 6.32. The molecule has 0 radical (unpaired) electrons. The van der Waals surface area contributed by atoms with Gasteiger partial charge in [0, 0.05) is 16.7 Å². The van der Waals surface area contributed by atoms with Crippen LogP contribution in [0.15, 0.2) is 42.5 Å². The predicted octanol–water partition coefficient (Wildman–Crippen LogP) is 4.42. The lowest BCUT2D eigenvalue weighted by atomic mass is 9.75. The maximum absolute atomic E-state index is 14.2. The first-order chi connectivity index (χ1) is 12.3. The lowest BCUT2D eigenvalue weighted by Crippen LogP contribution is -2.58. The normalized spacial score (nSPS) is 23.3. The van der Waals surface area contributed by atoms with Gasteiger partial charge in [-0.05, 0) is 36.8 Å². The summed E-state index contributed by atoms with van der Waals surface area (Å²) in [5, 5.41) is 3.47. The molecular weight excluding hydrogens is 351 g/mol. The van der Waals surface area contributed by atoms with Gasteiger partial charge in [0.1, 0.15) is 11.5 Å². The van der Waals surface area contributed by atoms with Crippen molar-refractivity contribution in [2.45, 2.75) is 31.8 Å². The topological polar surface area (TPSA) is 32.3 Å². The van der Waals surface area contributed by atoms with Crippen LogP contribution >= 0.6 is 11.6 Å². The van der Waals surface area contributed by atoms with Crippen LogP contribution < -0.4 is 10.2 Å². The molecule has 5 heteroatoms. The van der Waals surface area contributed by atoms with Crippen LogP contribution in [0.1, 0.15) is 30.5 Å². The molecule has 134 valence electrons. The highest BCUT2D eigenvalue weighted by Gasteiger charge is 2.59. The molecule has 1 N–H and O–H groups in total. The number of carbonyl (C=O) groups is 1. The van der Waals surface area contributed by atoms with Gasteiger partial charge >= 0.3 is 0 Å². The Hall–Kier alpha value is -2.33. The van der Waals surface area contributed by atoms with Gasteiger partial charge in [-0.2, -0.15) is 0 Å². The highest BCUT2D eigenvalue weighted by atomic mass is 35.5. The molecule has 2 heterocycles. The van der Waals surface area contributed by atoms with Gasteiger partial charge in [-0.1, -0.05) is 55.3 Å². The van der Waals surface area contributed by atoms with E-state index in [0.717, 1.165) is 5.69 Å². The number of benzene rings is 2. The van der Waals surface area contributed by atoms with Crippen molar-refractivity contribution in [1.29, 1.82) is 0 Å². The molecule has 2 aliphatic rings. The fourth-order valence-corrected chi connectivity index (χ4v) is 4.39. The van der Waals surface area contributed by atoms with E-state index in [9.17, 15) is 9.18 Å². The van der Waals surface area contributed by atoms with Crippen molar-refractivity contribution in [3.05, 3.63) is 70.0 Å². The second kappa shape index (κ2) is 5.58. The fraction of sp³-hybridized carbons (Fsp3) is 0.286. The van der Waals surface area contributed by atoms with Crippen LogP contribution in [0.2, 0.25) is 5.02 Å². The van der Waals surface area contributed by atoms with E-state index in [2.05, 4.69) is 43.1 Å². The van der Waals surface area contributed by atoms with Crippen LogP contribution in [-0.2, 0) is 10.2 Å². The number of rotatable bonds is 2. The molecule has 1 saturated heterocycles. The summed E-state index contributed by atoms with van der Waals surface area (Å²) in [5.41, 5.74) is 2.54. The van der Waals surface area contributed by atoms with Crippen LogP contribution in [0.4, 0.5) is 10.1 Å². The number of hydrogen-bond donors (Lipinski definition) is 1. The summed E-state index contributed by atoms with van der Waals surface area (Å²) in [6, 6.07) is 10.9. The van der Waals surface area contributed by atoms with Crippen molar-refractivity contribution < 1.29 is 9.18 Å². The maximum Gasteiger partial charge on any atom is 0.241 e. The lowest BCUT2D eigenvalue weighted by Gasteiger charge is -2.40. The van der Waals surface area contributed by atoms with Crippen molar-refractivity contribution in [1.82, 2.24) is 5.32 Å². The lowest BCUT2D eigenvalue weighted by molar-refractivity contribution is -0.118. The third kappa shape index (κ3) is 2.21. The minimum atomic E-state index is -0.758. The molecule has 0 saturated carbocycles. The molecule has 0 aliphatic carbocycles. The number of aryl methyl sites for hydroxylation is 1. The van der Waals surface area contributed by atoms with Gasteiger partial charge in [0.15, 0.2) is 0 Å². The molecule has 0 spiro atoms. The Kier molecular flexibility index (Phi) is 3.67. The van der Waals surface area contributed by atoms with E-state index in [1.54, 1.807) is 18.2 Å². The molecule has 26 heavy (non-hydrogen) atoms. The third-order valence-electron chi connectivity index (χ3n) is 5.62. The second-order valence-electron chi connectivity index (χ2n) is 7.51. The van der Waals surface area contributed by atoms with Crippen molar-refractivity contribution in [2.75, 3.05) is 11.4 Å². The average molecular weight is 371 g/mol. The van der Waals surface area contributed by atoms with Crippen LogP contribution in [0.5, 0.6) is 0 Å². The molecule has 4 rings (SSSR count). The third-order valence-corrected chi connectivity index (χ3v) is 5.95. The Morgan fingerprint density at radius 3 is 2.77 bits per heavy atom. The smallest absolute Gasteiger partial charge is 0.241 e. The van der Waals surface area contributed by atoms with Gasteiger partial charge < -0.3 is 10.2 Å². The number of amides is 1. The molecule has 1 fully saturated rings. The number of carbonyl (C=O) groups excluding carboxylic acids is 1. The molecule has 0 bridgehead atoms. The first-order valence-corrected chi connectivity index (χ1v) is 8.97. The monoisotopic (exact) mass is 370 g/mol. The SMILES string of the molecule is Cc1ccc2c(c1)C(C)(C)C1(/C=C/c3c(F)cccc3Cl)NC(=O)CN21. The molecule has 1 atom stereocenters. The summed E-state index contributed by atoms with van der Waals surface area (Å²) < 4.78 is 14.2. The first-order valence-electron chi connectivity index (χ1n) is 8.59. The summed E-state index contributed by atoms with van der Waals surface area (Å²) in [6.45, 7) is 6.53. The van der Waals surface area contributed by atoms with E-state index in [-0.39, 0.29) is 18.3 Å². The van der Waals surface area contributed by atoms with E-state index < -0.39 is 11.1 Å². The summed E-state index contributed by atoms with van der Waals surface area (Å²) in [7, 11) is 0. The summed E-state index contributed by atoms with van der Waals surface area (Å²) in [4.78, 5) is 14.3. The van der Waals surface area contributed by atoms with E-state index in [1.807, 2.05) is 12.1 Å². The van der Waals surface area contributed by atoms with Crippen molar-refractivity contribution in [3.63, 3.8) is 0 Å². The van der Waals surface area contributed by atoms with Gasteiger partial charge in [-0.25, -0.2) is 4.39 Å². The van der Waals surface area contributed by atoms with E-state index >= 15 is 0 Å². The van der Waals surface area contributed by atoms with Gasteiger partial charge in [-0.3, -0.25) is 4.79 Å². The average Bonchev–Trinajstić information content (AvgIpc) is 2.99. The molecule has 0 aromatic heterocycles. The number of halogens is 2. The van der Waals surface area contributed by atoms with Crippen LogP contribution in [0.25, 0.3) is 6.08 Å². The fourth-order valence-electron chi connectivity index (χ4n) is 4.16. The van der Waals surface area contributed by atoms with Crippen molar-refractivity contribution >= 4 is 29.3 Å². The van der Waals surface area contributed by atoms with E-state index in [0.29, 0.717) is 10.6 Å². The Morgan fingerprint density at radius 1 is 1.27 bits per heavy atom. The predicted molar refractivity (Wildman–Crippen MR) is 103 cm³/mol. The summed E-state index contributed by atoms with van der Waals surface area (Å²) in [5.74, 6) is -0.432. The number of fused-ring (bicyclic) bond motifs is 3. The van der Waals surface area contributed by atoms with Crippen molar-refractivity contribution in [2.24, 2.45) is 0 Å². The van der Waals surface area contributed by atoms with E-state index in [1.165, 1.54) is 17.2 Å². The van der Waals surface area contributed by atoms with Gasteiger partial charge in [0.25, 0.3) is 0 Å². The molecule has 1 amide bonds. The minimum Gasteiger partial charge on any atom is -0.335 e. The number of nitrogens with zero attached hydrogens (tertiary/aromatic N) is 1. The molecule has 2 aromatic carbocycles. The Balaban J connectivity index is 1.88. The van der Waals surface area contributed by atoms with Gasteiger partial charge in [0.05, 0.1) is 11.6 Å². The van der Waals surface area contributed by atoms with Crippen LogP contribution in [-0.4, -0.2) is 18.1 Å². The Morgan fingerprint density at radius 2 is 2.04 bits per heavy atom. The molecule has 2 aliphatic heterocycles. The first kappa shape index (κ1) is 17.1. The van der Waals surface area contributed by atoms with Gasteiger partial charge in [-0.15, -0.1) is 0 Å². The highest BCUT2D eigenvalue weighted by Crippen LogP contribution is 2.53. The quantitative estimate of drug-likeness (QED) is 0.848. The van der Waals surface area contributed by atoms with Crippen LogP contribution in [0.3, 0.4) is 0 Å². The largest absolute Gasteiger partial charge is 0.335 e. The standard InChI is InChI=1S/C21H20ClFN2O/c1-13-7-8-18-15(11-13)20(2,3)21(24-19(26)12-25(18)21)10-9-14-16(22)5-4-6-17(14)23/h4-11H,12H2,1-3H3,(H,24,26)/b10-9+. The molecular formula is C21H20ClFN2O. The Bertz CT molecular complexity index is 933. The zero-order valence-corrected chi connectivity index (χ0v) is 15.7. The van der Waals surface area contributed by atoms with Crippen LogP contribution in [0, 0.1) is 12.7 Å². The summed E-state index contributed by atoms with van der Waals surface area (Å²) in [6.07, 6.45) is 3.55.